The topological polar surface area (TPSA) is 63.2 Å². The van der Waals surface area contributed by atoms with Gasteiger partial charge in [0.1, 0.15) is 5.75 Å². The lowest BCUT2D eigenvalue weighted by Gasteiger charge is -2.11. The Hall–Kier alpha value is -2.08. The van der Waals surface area contributed by atoms with Gasteiger partial charge in [-0.15, -0.1) is 11.3 Å². The Labute approximate surface area is 128 Å². The first-order valence-corrected chi connectivity index (χ1v) is 7.56. The van der Waals surface area contributed by atoms with Crippen molar-refractivity contribution < 1.29 is 9.53 Å². The molecule has 0 fully saturated rings. The van der Waals surface area contributed by atoms with Gasteiger partial charge in [0, 0.05) is 29.6 Å². The number of anilines is 1. The molecule has 2 aromatic rings. The maximum Gasteiger partial charge on any atom is 0.319 e. The third kappa shape index (κ3) is 4.19. The van der Waals surface area contributed by atoms with Gasteiger partial charge in [0.2, 0.25) is 0 Å². The van der Waals surface area contributed by atoms with Crippen molar-refractivity contribution in [2.75, 3.05) is 19.0 Å². The summed E-state index contributed by atoms with van der Waals surface area (Å²) in [7, 11) is 1.60. The van der Waals surface area contributed by atoms with Crippen LogP contribution in [-0.4, -0.2) is 24.7 Å². The number of carbonyl (C=O) groups is 1. The molecule has 0 atom stereocenters. The molecule has 5 nitrogen and oxygen atoms in total. The zero-order chi connectivity index (χ0) is 15.2. The lowest BCUT2D eigenvalue weighted by Crippen LogP contribution is -2.30. The summed E-state index contributed by atoms with van der Waals surface area (Å²) in [6, 6.07) is 5.37. The molecule has 0 unspecified atom stereocenters. The number of urea groups is 1. The van der Waals surface area contributed by atoms with Crippen molar-refractivity contribution in [1.29, 1.82) is 0 Å². The normalized spacial score (nSPS) is 10.2. The van der Waals surface area contributed by atoms with Gasteiger partial charge in [-0.3, -0.25) is 0 Å². The van der Waals surface area contributed by atoms with Crippen LogP contribution in [0, 0.1) is 13.8 Å². The summed E-state index contributed by atoms with van der Waals surface area (Å²) in [4.78, 5) is 17.3. The van der Waals surface area contributed by atoms with E-state index in [-0.39, 0.29) is 6.03 Å². The molecule has 0 radical (unpaired) electrons. The highest BCUT2D eigenvalue weighted by molar-refractivity contribution is 7.09. The number of nitrogens with zero attached hydrogens (tertiary/aromatic N) is 1. The summed E-state index contributed by atoms with van der Waals surface area (Å²) in [5.41, 5.74) is 4.60. The fourth-order valence-corrected chi connectivity index (χ4v) is 2.67. The Morgan fingerprint density at radius 2 is 2.19 bits per heavy atom. The smallest absolute Gasteiger partial charge is 0.319 e. The van der Waals surface area contributed by atoms with Crippen LogP contribution in [0.2, 0.25) is 0 Å². The Kier molecular flexibility index (Phi) is 5.16. The van der Waals surface area contributed by atoms with Crippen LogP contribution in [-0.2, 0) is 6.42 Å². The number of hydrogen-bond acceptors (Lipinski definition) is 4. The average Bonchev–Trinajstić information content (AvgIpc) is 2.87. The predicted molar refractivity (Wildman–Crippen MR) is 85.3 cm³/mol. The molecule has 2 amide bonds. The first-order valence-electron chi connectivity index (χ1n) is 6.68. The predicted octanol–water partition coefficient (Wildman–Crippen LogP) is 3.13. The second-order valence-corrected chi connectivity index (χ2v) is 5.61. The number of benzene rings is 1. The molecule has 0 spiro atoms. The Morgan fingerprint density at radius 1 is 1.38 bits per heavy atom. The molecule has 6 heteroatoms. The summed E-state index contributed by atoms with van der Waals surface area (Å²) in [6.45, 7) is 4.50. The highest BCUT2D eigenvalue weighted by Gasteiger charge is 2.06. The lowest BCUT2D eigenvalue weighted by atomic mass is 10.2. The van der Waals surface area contributed by atoms with Gasteiger partial charge in [-0.2, -0.15) is 0 Å². The van der Waals surface area contributed by atoms with Crippen molar-refractivity contribution in [3.63, 3.8) is 0 Å². The minimum Gasteiger partial charge on any atom is -0.497 e. The second kappa shape index (κ2) is 7.08. The number of aromatic nitrogens is 1. The van der Waals surface area contributed by atoms with E-state index in [1.165, 1.54) is 4.88 Å². The van der Waals surface area contributed by atoms with Crippen molar-refractivity contribution in [1.82, 2.24) is 10.3 Å². The third-order valence-electron chi connectivity index (χ3n) is 3.18. The summed E-state index contributed by atoms with van der Waals surface area (Å²) >= 11 is 1.61. The van der Waals surface area contributed by atoms with E-state index >= 15 is 0 Å². The minimum absolute atomic E-state index is 0.214. The van der Waals surface area contributed by atoms with Gasteiger partial charge in [-0.25, -0.2) is 9.78 Å². The fraction of sp³-hybridized carbons (Fsp3) is 0.333. The van der Waals surface area contributed by atoms with E-state index in [1.54, 1.807) is 18.4 Å². The highest BCUT2D eigenvalue weighted by atomic mass is 32.1. The number of amides is 2. The largest absolute Gasteiger partial charge is 0.497 e. The zero-order valence-corrected chi connectivity index (χ0v) is 13.2. The molecule has 0 aliphatic carbocycles. The molecular formula is C15H19N3O2S. The van der Waals surface area contributed by atoms with E-state index in [0.717, 1.165) is 29.1 Å². The molecule has 2 rings (SSSR count). The number of carbonyl (C=O) groups excluding carboxylic acids is 1. The molecule has 1 aromatic heterocycles. The van der Waals surface area contributed by atoms with Gasteiger partial charge < -0.3 is 15.4 Å². The minimum atomic E-state index is -0.214. The molecule has 2 N–H and O–H groups in total. The Balaban J connectivity index is 1.86. The maximum absolute atomic E-state index is 11.9. The van der Waals surface area contributed by atoms with Crippen molar-refractivity contribution in [2.45, 2.75) is 20.3 Å². The standard InChI is InChI=1S/C15H19N3O2S/c1-10-4-5-12(20-3)8-13(10)18-15(19)16-7-6-14-11(2)17-9-21-14/h4-5,8-9H,6-7H2,1-3H3,(H2,16,18,19). The van der Waals surface area contributed by atoms with Gasteiger partial charge in [-0.05, 0) is 25.5 Å². The number of nitrogens with one attached hydrogen (secondary N) is 2. The van der Waals surface area contributed by atoms with Crippen LogP contribution in [0.4, 0.5) is 10.5 Å². The van der Waals surface area contributed by atoms with Crippen molar-refractivity contribution in [3.8, 4) is 5.75 Å². The summed E-state index contributed by atoms with van der Waals surface area (Å²) < 4.78 is 5.16. The molecule has 0 saturated carbocycles. The number of aryl methyl sites for hydroxylation is 2. The molecular weight excluding hydrogens is 286 g/mol. The lowest BCUT2D eigenvalue weighted by molar-refractivity contribution is 0.252. The van der Waals surface area contributed by atoms with E-state index in [2.05, 4.69) is 15.6 Å². The van der Waals surface area contributed by atoms with Crippen molar-refractivity contribution >= 4 is 23.1 Å². The molecule has 0 saturated heterocycles. The first-order chi connectivity index (χ1) is 10.1. The number of rotatable bonds is 5. The van der Waals surface area contributed by atoms with Crippen LogP contribution in [0.25, 0.3) is 0 Å². The molecule has 0 aliphatic heterocycles. The van der Waals surface area contributed by atoms with Gasteiger partial charge in [0.15, 0.2) is 0 Å². The zero-order valence-electron chi connectivity index (χ0n) is 12.4. The molecule has 21 heavy (non-hydrogen) atoms. The van der Waals surface area contributed by atoms with Crippen molar-refractivity contribution in [3.05, 3.63) is 39.8 Å². The van der Waals surface area contributed by atoms with E-state index in [4.69, 9.17) is 4.74 Å². The molecule has 0 bridgehead atoms. The van der Waals surface area contributed by atoms with Crippen LogP contribution in [0.3, 0.4) is 0 Å². The van der Waals surface area contributed by atoms with E-state index in [0.29, 0.717) is 6.54 Å². The van der Waals surface area contributed by atoms with Crippen LogP contribution in [0.15, 0.2) is 23.7 Å². The molecule has 112 valence electrons. The quantitative estimate of drug-likeness (QED) is 0.892. The van der Waals surface area contributed by atoms with Gasteiger partial charge in [0.05, 0.1) is 18.3 Å². The van der Waals surface area contributed by atoms with Crippen molar-refractivity contribution in [2.24, 2.45) is 0 Å². The Bertz CT molecular complexity index is 625. The first kappa shape index (κ1) is 15.3. The maximum atomic E-state index is 11.9. The van der Waals surface area contributed by atoms with Gasteiger partial charge >= 0.3 is 6.03 Å². The summed E-state index contributed by atoms with van der Waals surface area (Å²) in [5.74, 6) is 0.719. The fourth-order valence-electron chi connectivity index (χ4n) is 1.88. The SMILES string of the molecule is COc1ccc(C)c(NC(=O)NCCc2scnc2C)c1. The summed E-state index contributed by atoms with van der Waals surface area (Å²) in [5, 5.41) is 5.69. The molecule has 1 aromatic carbocycles. The van der Waals surface area contributed by atoms with E-state index in [1.807, 2.05) is 37.6 Å². The monoisotopic (exact) mass is 305 g/mol. The van der Waals surface area contributed by atoms with E-state index < -0.39 is 0 Å². The number of ether oxygens (including phenoxy) is 1. The molecule has 1 heterocycles. The Morgan fingerprint density at radius 3 is 2.86 bits per heavy atom. The van der Waals surface area contributed by atoms with Gasteiger partial charge in [-0.1, -0.05) is 6.07 Å². The number of thiazole rings is 1. The van der Waals surface area contributed by atoms with Crippen LogP contribution < -0.4 is 15.4 Å². The summed E-state index contributed by atoms with van der Waals surface area (Å²) in [6.07, 6.45) is 0.793. The van der Waals surface area contributed by atoms with Crippen LogP contribution in [0.1, 0.15) is 16.1 Å². The average molecular weight is 305 g/mol. The number of methoxy groups -OCH3 is 1. The van der Waals surface area contributed by atoms with Crippen LogP contribution >= 0.6 is 11.3 Å². The van der Waals surface area contributed by atoms with Crippen LogP contribution in [0.5, 0.6) is 5.75 Å². The highest BCUT2D eigenvalue weighted by Crippen LogP contribution is 2.21. The van der Waals surface area contributed by atoms with E-state index in [9.17, 15) is 4.79 Å². The van der Waals surface area contributed by atoms with Gasteiger partial charge in [0.25, 0.3) is 0 Å². The molecule has 0 aliphatic rings. The third-order valence-corrected chi connectivity index (χ3v) is 4.17. The second-order valence-electron chi connectivity index (χ2n) is 4.67. The number of hydrogen-bond donors (Lipinski definition) is 2.